The molecule has 3 unspecified atom stereocenters. The van der Waals surface area contributed by atoms with E-state index >= 15 is 0 Å². The van der Waals surface area contributed by atoms with Crippen LogP contribution in [-0.2, 0) is 27.8 Å². The second-order valence-electron chi connectivity index (χ2n) is 11.1. The van der Waals surface area contributed by atoms with Gasteiger partial charge in [-0.25, -0.2) is 4.98 Å². The van der Waals surface area contributed by atoms with Gasteiger partial charge in [0, 0.05) is 28.8 Å². The summed E-state index contributed by atoms with van der Waals surface area (Å²) in [6, 6.07) is 21.3. The molecule has 1 saturated heterocycles. The van der Waals surface area contributed by atoms with Gasteiger partial charge in [0.1, 0.15) is 18.1 Å². The third-order valence-corrected chi connectivity index (χ3v) is 9.05. The Bertz CT molecular complexity index is 1900. The molecule has 2 heterocycles. The van der Waals surface area contributed by atoms with Gasteiger partial charge in [0.15, 0.2) is 5.82 Å². The Morgan fingerprint density at radius 3 is 2.43 bits per heavy atom. The molecule has 1 aromatic heterocycles. The van der Waals surface area contributed by atoms with Crippen LogP contribution in [0.25, 0.3) is 0 Å². The van der Waals surface area contributed by atoms with Crippen LogP contribution in [0.15, 0.2) is 109 Å². The number of carbonyl (C=O) groups excluding carboxylic acids is 2. The van der Waals surface area contributed by atoms with E-state index in [2.05, 4.69) is 17.0 Å². The maximum absolute atomic E-state index is 14.8. The van der Waals surface area contributed by atoms with Crippen molar-refractivity contribution in [1.82, 2.24) is 9.99 Å². The number of rotatable bonds is 8. The normalized spacial score (nSPS) is 20.9. The first-order valence-electron chi connectivity index (χ1n) is 14.4. The molecule has 0 spiro atoms. The van der Waals surface area contributed by atoms with Gasteiger partial charge in [-0.3, -0.25) is 15.0 Å². The van der Waals surface area contributed by atoms with E-state index in [0.29, 0.717) is 39.7 Å². The zero-order valence-corrected chi connectivity index (χ0v) is 26.0. The summed E-state index contributed by atoms with van der Waals surface area (Å²) in [6.07, 6.45) is -0.669. The summed E-state index contributed by atoms with van der Waals surface area (Å²) in [5.41, 5.74) is 2.11. The molecule has 0 radical (unpaired) electrons. The highest BCUT2D eigenvalue weighted by Crippen LogP contribution is 2.59. The van der Waals surface area contributed by atoms with Crippen molar-refractivity contribution in [3.63, 3.8) is 0 Å². The van der Waals surface area contributed by atoms with Gasteiger partial charge in [0.2, 0.25) is 0 Å². The summed E-state index contributed by atoms with van der Waals surface area (Å²) in [7, 11) is 0. The van der Waals surface area contributed by atoms with Crippen LogP contribution in [-0.4, -0.2) is 26.9 Å². The number of amides is 2. The van der Waals surface area contributed by atoms with E-state index in [-0.39, 0.29) is 24.6 Å². The number of benzene rings is 3. The summed E-state index contributed by atoms with van der Waals surface area (Å²) in [6.45, 7) is 4.21. The Kier molecular flexibility index (Phi) is 8.50. The van der Waals surface area contributed by atoms with Gasteiger partial charge in [0.25, 0.3) is 11.8 Å². The van der Waals surface area contributed by atoms with E-state index in [0.717, 1.165) is 10.6 Å². The lowest BCUT2D eigenvalue weighted by Gasteiger charge is -2.43. The van der Waals surface area contributed by atoms with Crippen LogP contribution >= 0.6 is 23.2 Å². The molecule has 2 amide bonds. The number of nitrogens with one attached hydrogen (secondary N) is 1. The Morgan fingerprint density at radius 2 is 1.79 bits per heavy atom. The van der Waals surface area contributed by atoms with Crippen LogP contribution in [0.2, 0.25) is 10.0 Å². The number of phenols is 1. The first kappa shape index (κ1) is 32.2. The van der Waals surface area contributed by atoms with E-state index < -0.39 is 45.8 Å². The minimum absolute atomic E-state index is 0.121. The number of phenolic OH excluding ortho intramolecular Hbond substituents is 1. The Balaban J connectivity index is 1.44. The molecule has 1 aliphatic heterocycles. The largest absolute Gasteiger partial charge is 0.508 e. The maximum Gasteiger partial charge on any atom is 0.417 e. The fourth-order valence-corrected chi connectivity index (χ4v) is 6.69. The van der Waals surface area contributed by atoms with Gasteiger partial charge < -0.3 is 9.84 Å². The maximum atomic E-state index is 14.8. The minimum Gasteiger partial charge on any atom is -0.508 e. The van der Waals surface area contributed by atoms with E-state index in [1.54, 1.807) is 48.6 Å². The number of aromatic hydroxyl groups is 1. The highest BCUT2D eigenvalue weighted by molar-refractivity contribution is 6.33. The van der Waals surface area contributed by atoms with E-state index in [9.17, 15) is 27.9 Å². The Labute approximate surface area is 277 Å². The molecule has 1 aliphatic carbocycles. The summed E-state index contributed by atoms with van der Waals surface area (Å²) in [5.74, 6) is -3.43. The minimum atomic E-state index is -4.70. The highest BCUT2D eigenvalue weighted by Gasteiger charge is 2.66. The first-order chi connectivity index (χ1) is 22.4. The molecule has 4 aromatic rings. The number of pyridine rings is 1. The molecule has 7 nitrogen and oxygen atoms in total. The summed E-state index contributed by atoms with van der Waals surface area (Å²) < 4.78 is 45.7. The molecule has 47 heavy (non-hydrogen) atoms. The van der Waals surface area contributed by atoms with Crippen LogP contribution in [0.3, 0.4) is 0 Å². The predicted octanol–water partition coefficient (Wildman–Crippen LogP) is 8.24. The fourth-order valence-electron chi connectivity index (χ4n) is 6.36. The van der Waals surface area contributed by atoms with Crippen molar-refractivity contribution in [2.45, 2.75) is 30.5 Å². The molecule has 2 aliphatic rings. The van der Waals surface area contributed by atoms with Gasteiger partial charge in [-0.2, -0.15) is 18.2 Å². The molecule has 240 valence electrons. The number of anilines is 1. The molecular weight excluding hydrogens is 654 g/mol. The molecule has 2 N–H and O–H groups in total. The zero-order chi connectivity index (χ0) is 33.5. The average Bonchev–Trinajstić information content (AvgIpc) is 3.27. The number of allylic oxidation sites excluding steroid dienone is 3. The van der Waals surface area contributed by atoms with Crippen molar-refractivity contribution in [2.24, 2.45) is 5.92 Å². The quantitative estimate of drug-likeness (QED) is 0.182. The standard InChI is InChI=1S/C35H26Cl2F3N3O4/c1-2-21-8-15-27-32(45)43(42-31-28(37)16-23(18-41-31)35(38,39)40)33(46)34(27,22-9-11-24(36)12-10-22)30(21)26-14-13-25(17-29(26)44)47-19-20-6-4-3-5-7-20/h2-14,16-18,27,30,44H,1,15,19H2,(H,41,42). The van der Waals surface area contributed by atoms with Gasteiger partial charge in [-0.05, 0) is 47.4 Å². The number of nitrogens with zero attached hydrogens (tertiary/aromatic N) is 2. The van der Waals surface area contributed by atoms with Gasteiger partial charge in [-0.15, -0.1) is 0 Å². The number of alkyl halides is 3. The smallest absolute Gasteiger partial charge is 0.417 e. The van der Waals surface area contributed by atoms with Gasteiger partial charge >= 0.3 is 6.18 Å². The fraction of sp³-hybridized carbons (Fsp3) is 0.171. The van der Waals surface area contributed by atoms with E-state index in [4.69, 9.17) is 27.9 Å². The number of fused-ring (bicyclic) bond motifs is 1. The number of hydrazine groups is 1. The zero-order valence-electron chi connectivity index (χ0n) is 24.5. The number of imide groups is 1. The van der Waals surface area contributed by atoms with Crippen LogP contribution in [0.5, 0.6) is 11.5 Å². The number of aromatic nitrogens is 1. The van der Waals surface area contributed by atoms with Crippen LogP contribution in [0.4, 0.5) is 19.0 Å². The molecule has 3 aromatic carbocycles. The molecular formula is C35H26Cl2F3N3O4. The summed E-state index contributed by atoms with van der Waals surface area (Å²) in [5, 5.41) is 12.1. The lowest BCUT2D eigenvalue weighted by Crippen LogP contribution is -2.48. The molecule has 0 saturated carbocycles. The van der Waals surface area contributed by atoms with Crippen molar-refractivity contribution >= 4 is 40.8 Å². The number of halogens is 5. The SMILES string of the molecule is C=CC1=CCC2C(=O)N(Nc3ncc(C(F)(F)F)cc3Cl)C(=O)C2(c2ccc(Cl)cc2)C1c1ccc(OCc2ccccc2)cc1O. The molecule has 3 atom stereocenters. The van der Waals surface area contributed by atoms with Gasteiger partial charge in [-0.1, -0.05) is 90.5 Å². The van der Waals surface area contributed by atoms with Crippen molar-refractivity contribution in [1.29, 1.82) is 0 Å². The van der Waals surface area contributed by atoms with E-state index in [1.807, 2.05) is 30.3 Å². The van der Waals surface area contributed by atoms with Gasteiger partial charge in [0.05, 0.1) is 21.9 Å². The predicted molar refractivity (Wildman–Crippen MR) is 171 cm³/mol. The van der Waals surface area contributed by atoms with E-state index in [1.165, 1.54) is 6.07 Å². The van der Waals surface area contributed by atoms with Crippen molar-refractivity contribution < 1.29 is 32.6 Å². The monoisotopic (exact) mass is 679 g/mol. The summed E-state index contributed by atoms with van der Waals surface area (Å²) in [4.78, 5) is 32.6. The number of carbonyl (C=O) groups is 2. The second kappa shape index (κ2) is 12.4. The topological polar surface area (TPSA) is 91.8 Å². The Hall–Kier alpha value is -4.80. The number of hydrogen-bond acceptors (Lipinski definition) is 6. The lowest BCUT2D eigenvalue weighted by atomic mass is 9.56. The van der Waals surface area contributed by atoms with Crippen LogP contribution in [0.1, 0.15) is 34.6 Å². The molecule has 6 rings (SSSR count). The first-order valence-corrected chi connectivity index (χ1v) is 15.2. The lowest BCUT2D eigenvalue weighted by molar-refractivity contribution is -0.139. The van der Waals surface area contributed by atoms with Crippen molar-refractivity contribution in [2.75, 3.05) is 5.43 Å². The molecule has 0 bridgehead atoms. The number of hydrogen-bond donors (Lipinski definition) is 2. The third kappa shape index (κ3) is 5.72. The molecule has 1 fully saturated rings. The van der Waals surface area contributed by atoms with Crippen LogP contribution in [0, 0.1) is 5.92 Å². The van der Waals surface area contributed by atoms with Crippen molar-refractivity contribution in [3.8, 4) is 11.5 Å². The second-order valence-corrected chi connectivity index (χ2v) is 12.0. The number of ether oxygens (including phenoxy) is 1. The summed E-state index contributed by atoms with van der Waals surface area (Å²) >= 11 is 12.4. The third-order valence-electron chi connectivity index (χ3n) is 8.51. The van der Waals surface area contributed by atoms with Crippen molar-refractivity contribution in [3.05, 3.63) is 142 Å². The Morgan fingerprint density at radius 1 is 1.06 bits per heavy atom. The average molecular weight is 681 g/mol. The van der Waals surface area contributed by atoms with Crippen LogP contribution < -0.4 is 10.2 Å². The molecule has 12 heteroatoms. The highest BCUT2D eigenvalue weighted by atomic mass is 35.5.